The fourth-order valence-corrected chi connectivity index (χ4v) is 3.29. The van der Waals surface area contributed by atoms with Crippen molar-refractivity contribution >= 4 is 23.3 Å². The Kier molecular flexibility index (Phi) is 7.04. The number of nitrogens with zero attached hydrogens (tertiary/aromatic N) is 1. The number of methoxy groups -OCH3 is 1. The maximum Gasteiger partial charge on any atom is 0.417 e. The van der Waals surface area contributed by atoms with Crippen LogP contribution in [0, 0.1) is 10.1 Å². The molecule has 0 aliphatic heterocycles. The van der Waals surface area contributed by atoms with Crippen molar-refractivity contribution < 1.29 is 45.6 Å². The summed E-state index contributed by atoms with van der Waals surface area (Å²) in [4.78, 5) is 33.7. The highest BCUT2D eigenvalue weighted by Gasteiger charge is 2.39. The average molecular weight is 512 g/mol. The third kappa shape index (κ3) is 5.62. The van der Waals surface area contributed by atoms with Gasteiger partial charge in [-0.3, -0.25) is 14.9 Å². The highest BCUT2D eigenvalue weighted by Crippen LogP contribution is 2.44. The van der Waals surface area contributed by atoms with Gasteiger partial charge in [-0.25, -0.2) is 4.79 Å². The van der Waals surface area contributed by atoms with Gasteiger partial charge in [0.15, 0.2) is 0 Å². The highest BCUT2D eigenvalue weighted by molar-refractivity contribution is 6.05. The van der Waals surface area contributed by atoms with E-state index in [1.54, 1.807) is 0 Å². The number of esters is 1. The van der Waals surface area contributed by atoms with Crippen LogP contribution in [0.4, 0.5) is 37.7 Å². The van der Waals surface area contributed by atoms with E-state index in [1.165, 1.54) is 24.3 Å². The summed E-state index contributed by atoms with van der Waals surface area (Å²) in [5.41, 5.74) is -6.13. The van der Waals surface area contributed by atoms with Crippen molar-refractivity contribution in [1.29, 1.82) is 0 Å². The molecule has 3 aromatic rings. The minimum atomic E-state index is -5.19. The zero-order valence-electron chi connectivity index (χ0n) is 18.0. The maximum atomic E-state index is 13.8. The number of hydrogen-bond donors (Lipinski definition) is 1. The first-order valence-electron chi connectivity index (χ1n) is 9.79. The van der Waals surface area contributed by atoms with Gasteiger partial charge in [0.1, 0.15) is 0 Å². The van der Waals surface area contributed by atoms with Crippen LogP contribution in [0.5, 0.6) is 0 Å². The molecule has 0 saturated carbocycles. The van der Waals surface area contributed by atoms with Crippen LogP contribution >= 0.6 is 0 Å². The number of hydrogen-bond acceptors (Lipinski definition) is 5. The molecule has 0 bridgehead atoms. The lowest BCUT2D eigenvalue weighted by Gasteiger charge is -2.18. The lowest BCUT2D eigenvalue weighted by atomic mass is 9.93. The number of amides is 1. The molecule has 0 saturated heterocycles. The number of nitrogens with one attached hydrogen (secondary N) is 1. The largest absolute Gasteiger partial charge is 0.465 e. The quantitative estimate of drug-likeness (QED) is 0.186. The molecular weight excluding hydrogens is 498 g/mol. The summed E-state index contributed by atoms with van der Waals surface area (Å²) in [6, 6.07) is 8.55. The molecule has 188 valence electrons. The second-order valence-electron chi connectivity index (χ2n) is 7.27. The van der Waals surface area contributed by atoms with Crippen LogP contribution in [0.25, 0.3) is 11.1 Å². The molecule has 0 fully saturated rings. The molecule has 1 N–H and O–H groups in total. The Morgan fingerprint density at radius 3 is 1.81 bits per heavy atom. The summed E-state index contributed by atoms with van der Waals surface area (Å²) in [5.74, 6) is -1.52. The van der Waals surface area contributed by atoms with E-state index in [1.807, 2.05) is 0 Å². The van der Waals surface area contributed by atoms with Gasteiger partial charge in [-0.2, -0.15) is 26.3 Å². The molecule has 1 amide bonds. The number of carbonyl (C=O) groups is 2. The van der Waals surface area contributed by atoms with Gasteiger partial charge in [-0.15, -0.1) is 0 Å². The van der Waals surface area contributed by atoms with Crippen molar-refractivity contribution in [3.8, 4) is 11.1 Å². The molecule has 7 nitrogen and oxygen atoms in total. The number of ether oxygens (including phenoxy) is 1. The number of carbonyl (C=O) groups excluding carboxylic acids is 2. The van der Waals surface area contributed by atoms with E-state index < -0.39 is 57.1 Å². The van der Waals surface area contributed by atoms with Crippen LogP contribution in [-0.2, 0) is 17.1 Å². The molecule has 0 aliphatic carbocycles. The van der Waals surface area contributed by atoms with Crippen molar-refractivity contribution in [1.82, 2.24) is 0 Å². The van der Waals surface area contributed by atoms with Crippen molar-refractivity contribution in [2.24, 2.45) is 0 Å². The number of non-ortho nitro benzene ring substituents is 1. The first-order valence-corrected chi connectivity index (χ1v) is 9.79. The molecular formula is C23H14F6N2O5. The molecule has 13 heteroatoms. The van der Waals surface area contributed by atoms with Gasteiger partial charge >= 0.3 is 18.3 Å². The first kappa shape index (κ1) is 26.2. The SMILES string of the molecule is COC(=O)c1ccc(C(=O)Nc2ccc(-c3ccc([N+](=O)[O-])cc3C(F)(F)F)c(C(F)(F)F)c2)cc1. The van der Waals surface area contributed by atoms with Crippen molar-refractivity contribution in [2.45, 2.75) is 12.4 Å². The lowest BCUT2D eigenvalue weighted by molar-refractivity contribution is -0.385. The minimum absolute atomic E-state index is 0.0185. The van der Waals surface area contributed by atoms with E-state index in [0.717, 1.165) is 19.2 Å². The Morgan fingerprint density at radius 2 is 1.31 bits per heavy atom. The third-order valence-corrected chi connectivity index (χ3v) is 4.96. The normalized spacial score (nSPS) is 11.6. The number of alkyl halides is 6. The van der Waals surface area contributed by atoms with E-state index in [0.29, 0.717) is 18.2 Å². The molecule has 0 aliphatic rings. The van der Waals surface area contributed by atoms with E-state index >= 15 is 0 Å². The number of nitro groups is 1. The summed E-state index contributed by atoms with van der Waals surface area (Å²) in [7, 11) is 1.15. The fraction of sp³-hybridized carbons (Fsp3) is 0.130. The smallest absolute Gasteiger partial charge is 0.417 e. The second kappa shape index (κ2) is 9.68. The Morgan fingerprint density at radius 1 is 0.806 bits per heavy atom. The Labute approximate surface area is 198 Å². The van der Waals surface area contributed by atoms with Gasteiger partial charge < -0.3 is 10.1 Å². The molecule has 0 unspecified atom stereocenters. The van der Waals surface area contributed by atoms with Crippen LogP contribution in [0.15, 0.2) is 60.7 Å². The van der Waals surface area contributed by atoms with Crippen LogP contribution < -0.4 is 5.32 Å². The van der Waals surface area contributed by atoms with Crippen LogP contribution in [0.3, 0.4) is 0 Å². The standard InChI is InChI=1S/C23H14F6N2O5/c1-36-21(33)13-4-2-12(3-5-13)20(32)30-14-6-8-16(18(10-14)22(24,25)26)17-9-7-15(31(34)35)11-19(17)23(27,28)29/h2-11H,1H3,(H,30,32). The second-order valence-corrected chi connectivity index (χ2v) is 7.27. The molecule has 0 spiro atoms. The van der Waals surface area contributed by atoms with Gasteiger partial charge in [-0.05, 0) is 53.6 Å². The Hall–Kier alpha value is -4.42. The third-order valence-electron chi connectivity index (χ3n) is 4.96. The van der Waals surface area contributed by atoms with E-state index in [2.05, 4.69) is 10.1 Å². The van der Waals surface area contributed by atoms with Gasteiger partial charge in [-0.1, -0.05) is 6.07 Å². The molecule has 36 heavy (non-hydrogen) atoms. The van der Waals surface area contributed by atoms with Crippen molar-refractivity contribution in [3.05, 3.63) is 93.0 Å². The predicted molar refractivity (Wildman–Crippen MR) is 114 cm³/mol. The number of rotatable bonds is 5. The van der Waals surface area contributed by atoms with Gasteiger partial charge in [0.05, 0.1) is 28.7 Å². The van der Waals surface area contributed by atoms with Crippen LogP contribution in [-0.4, -0.2) is 23.9 Å². The average Bonchev–Trinajstić information content (AvgIpc) is 2.82. The van der Waals surface area contributed by atoms with E-state index in [-0.39, 0.29) is 22.9 Å². The molecule has 0 heterocycles. The number of halogens is 6. The van der Waals surface area contributed by atoms with Gasteiger partial charge in [0.2, 0.25) is 0 Å². The maximum absolute atomic E-state index is 13.8. The molecule has 0 atom stereocenters. The highest BCUT2D eigenvalue weighted by atomic mass is 19.4. The van der Waals surface area contributed by atoms with Crippen molar-refractivity contribution in [3.63, 3.8) is 0 Å². The van der Waals surface area contributed by atoms with Crippen LogP contribution in [0.1, 0.15) is 31.8 Å². The predicted octanol–water partition coefficient (Wildman–Crippen LogP) is 6.34. The number of benzene rings is 3. The van der Waals surface area contributed by atoms with Crippen LogP contribution in [0.2, 0.25) is 0 Å². The molecule has 0 aromatic heterocycles. The minimum Gasteiger partial charge on any atom is -0.465 e. The zero-order chi connectivity index (χ0) is 26.8. The van der Waals surface area contributed by atoms with E-state index in [4.69, 9.17) is 0 Å². The number of nitro benzene ring substituents is 1. The molecule has 3 rings (SSSR count). The fourth-order valence-electron chi connectivity index (χ4n) is 3.29. The monoisotopic (exact) mass is 512 g/mol. The summed E-state index contributed by atoms with van der Waals surface area (Å²) < 4.78 is 86.6. The number of anilines is 1. The summed E-state index contributed by atoms with van der Waals surface area (Å²) >= 11 is 0. The Balaban J connectivity index is 2.03. The van der Waals surface area contributed by atoms with Crippen molar-refractivity contribution in [2.75, 3.05) is 12.4 Å². The topological polar surface area (TPSA) is 98.5 Å². The molecule has 3 aromatic carbocycles. The summed E-state index contributed by atoms with van der Waals surface area (Å²) in [6.07, 6.45) is -10.3. The molecule has 0 radical (unpaired) electrons. The Bertz CT molecular complexity index is 1330. The van der Waals surface area contributed by atoms with Gasteiger partial charge in [0.25, 0.3) is 11.6 Å². The first-order chi connectivity index (χ1) is 16.7. The lowest BCUT2D eigenvalue weighted by Crippen LogP contribution is -2.15. The zero-order valence-corrected chi connectivity index (χ0v) is 18.0. The summed E-state index contributed by atoms with van der Waals surface area (Å²) in [6.45, 7) is 0. The van der Waals surface area contributed by atoms with Gasteiger partial charge in [0, 0.05) is 23.4 Å². The van der Waals surface area contributed by atoms with E-state index in [9.17, 15) is 46.0 Å². The summed E-state index contributed by atoms with van der Waals surface area (Å²) in [5, 5.41) is 13.1.